The number of rotatable bonds is 2. The minimum atomic E-state index is 0.223. The molecule has 0 aromatic heterocycles. The summed E-state index contributed by atoms with van der Waals surface area (Å²) in [6, 6.07) is 8.80. The van der Waals surface area contributed by atoms with Crippen molar-refractivity contribution in [3.05, 3.63) is 35.4 Å². The quantitative estimate of drug-likeness (QED) is 0.905. The molecule has 3 heteroatoms. The second-order valence-corrected chi connectivity index (χ2v) is 7.21. The van der Waals surface area contributed by atoms with E-state index in [0.29, 0.717) is 29.7 Å². The largest absolute Gasteiger partial charge is 0.342 e. The minimum Gasteiger partial charge on any atom is -0.342 e. The van der Waals surface area contributed by atoms with Crippen LogP contribution >= 0.6 is 0 Å². The summed E-state index contributed by atoms with van der Waals surface area (Å²) in [6.07, 6.45) is 3.38. The lowest BCUT2D eigenvalue weighted by Crippen LogP contribution is -2.34. The maximum atomic E-state index is 12.7. The summed E-state index contributed by atoms with van der Waals surface area (Å²) in [7, 11) is 0. The Labute approximate surface area is 126 Å². The average Bonchev–Trinajstić information content (AvgIpc) is 3.03. The van der Waals surface area contributed by atoms with E-state index in [1.807, 2.05) is 0 Å². The maximum absolute atomic E-state index is 12.7. The molecule has 5 unspecified atom stereocenters. The van der Waals surface area contributed by atoms with Gasteiger partial charge in [-0.2, -0.15) is 0 Å². The van der Waals surface area contributed by atoms with Gasteiger partial charge in [0.15, 0.2) is 0 Å². The first-order valence-corrected chi connectivity index (χ1v) is 8.25. The zero-order valence-corrected chi connectivity index (χ0v) is 12.7. The van der Waals surface area contributed by atoms with Crippen molar-refractivity contribution in [2.45, 2.75) is 38.1 Å². The standard InChI is InChI=1S/C18H24N2O/c1-11-4-2-3-5-13(11)14-8-15(14)18(21)20-9-12-6-7-17(19)16(12)10-20/h2-5,12,14-17H,6-10,19H2,1H3. The molecule has 1 aromatic rings. The summed E-state index contributed by atoms with van der Waals surface area (Å²) in [6.45, 7) is 4.00. The molecule has 0 bridgehead atoms. The first-order chi connectivity index (χ1) is 10.1. The van der Waals surface area contributed by atoms with Crippen molar-refractivity contribution in [2.24, 2.45) is 23.5 Å². The summed E-state index contributed by atoms with van der Waals surface area (Å²) in [5.74, 6) is 2.28. The Morgan fingerprint density at radius 2 is 2.05 bits per heavy atom. The van der Waals surface area contributed by atoms with E-state index in [2.05, 4.69) is 36.1 Å². The van der Waals surface area contributed by atoms with Gasteiger partial charge in [-0.1, -0.05) is 24.3 Å². The Balaban J connectivity index is 1.43. The maximum Gasteiger partial charge on any atom is 0.226 e. The molecule has 2 aliphatic carbocycles. The fourth-order valence-electron chi connectivity index (χ4n) is 4.54. The van der Waals surface area contributed by atoms with Crippen LogP contribution in [0.3, 0.4) is 0 Å². The van der Waals surface area contributed by atoms with Crippen LogP contribution in [0.15, 0.2) is 24.3 Å². The lowest BCUT2D eigenvalue weighted by molar-refractivity contribution is -0.131. The van der Waals surface area contributed by atoms with Gasteiger partial charge in [-0.05, 0) is 55.1 Å². The summed E-state index contributed by atoms with van der Waals surface area (Å²) < 4.78 is 0. The van der Waals surface area contributed by atoms with Crippen molar-refractivity contribution < 1.29 is 4.79 Å². The smallest absolute Gasteiger partial charge is 0.226 e. The predicted molar refractivity (Wildman–Crippen MR) is 82.8 cm³/mol. The molecule has 3 fully saturated rings. The number of carbonyl (C=O) groups is 1. The molecular formula is C18H24N2O. The number of aryl methyl sites for hydroxylation is 1. The SMILES string of the molecule is Cc1ccccc1C1CC1C(=O)N1CC2CCC(N)C2C1. The molecule has 3 aliphatic rings. The van der Waals surface area contributed by atoms with Crippen molar-refractivity contribution in [3.63, 3.8) is 0 Å². The van der Waals surface area contributed by atoms with Crippen molar-refractivity contribution in [1.29, 1.82) is 0 Å². The first-order valence-electron chi connectivity index (χ1n) is 8.25. The van der Waals surface area contributed by atoms with Crippen molar-refractivity contribution in [3.8, 4) is 0 Å². The number of benzene rings is 1. The molecule has 0 radical (unpaired) electrons. The Kier molecular flexibility index (Phi) is 3.07. The molecule has 1 heterocycles. The highest BCUT2D eigenvalue weighted by atomic mass is 16.2. The predicted octanol–water partition coefficient (Wildman–Crippen LogP) is 2.29. The number of fused-ring (bicyclic) bond motifs is 1. The van der Waals surface area contributed by atoms with Gasteiger partial charge in [0.05, 0.1) is 0 Å². The van der Waals surface area contributed by atoms with Crippen LogP contribution in [0.25, 0.3) is 0 Å². The molecule has 112 valence electrons. The highest BCUT2D eigenvalue weighted by Gasteiger charge is 2.50. The topological polar surface area (TPSA) is 46.3 Å². The lowest BCUT2D eigenvalue weighted by Gasteiger charge is -2.19. The third kappa shape index (κ3) is 2.18. The van der Waals surface area contributed by atoms with Gasteiger partial charge in [-0.15, -0.1) is 0 Å². The number of amides is 1. The first kappa shape index (κ1) is 13.3. The van der Waals surface area contributed by atoms with Crippen LogP contribution in [0.4, 0.5) is 0 Å². The van der Waals surface area contributed by atoms with Gasteiger partial charge in [0.1, 0.15) is 0 Å². The van der Waals surface area contributed by atoms with Crippen LogP contribution in [0.5, 0.6) is 0 Å². The second kappa shape index (κ2) is 4.84. The summed E-state index contributed by atoms with van der Waals surface area (Å²) in [5, 5.41) is 0. The molecular weight excluding hydrogens is 260 g/mol. The molecule has 1 aliphatic heterocycles. The molecule has 0 spiro atoms. The fourth-order valence-corrected chi connectivity index (χ4v) is 4.54. The van der Waals surface area contributed by atoms with E-state index < -0.39 is 0 Å². The van der Waals surface area contributed by atoms with Crippen LogP contribution in [-0.2, 0) is 4.79 Å². The monoisotopic (exact) mass is 284 g/mol. The molecule has 2 saturated carbocycles. The van der Waals surface area contributed by atoms with Crippen LogP contribution in [0.2, 0.25) is 0 Å². The summed E-state index contributed by atoms with van der Waals surface area (Å²) >= 11 is 0. The Morgan fingerprint density at radius 1 is 1.24 bits per heavy atom. The second-order valence-electron chi connectivity index (χ2n) is 7.21. The van der Waals surface area contributed by atoms with Crippen molar-refractivity contribution in [1.82, 2.24) is 4.90 Å². The minimum absolute atomic E-state index is 0.223. The Morgan fingerprint density at radius 3 is 2.81 bits per heavy atom. The number of hydrogen-bond donors (Lipinski definition) is 1. The molecule has 3 nitrogen and oxygen atoms in total. The molecule has 1 saturated heterocycles. The number of hydrogen-bond acceptors (Lipinski definition) is 2. The van der Waals surface area contributed by atoms with Crippen molar-refractivity contribution in [2.75, 3.05) is 13.1 Å². The Bertz CT molecular complexity index is 570. The zero-order valence-electron chi connectivity index (χ0n) is 12.7. The van der Waals surface area contributed by atoms with Crippen LogP contribution in [0, 0.1) is 24.7 Å². The van der Waals surface area contributed by atoms with Gasteiger partial charge in [-0.25, -0.2) is 0 Å². The third-order valence-electron chi connectivity index (χ3n) is 5.92. The van der Waals surface area contributed by atoms with Gasteiger partial charge >= 0.3 is 0 Å². The number of nitrogens with zero attached hydrogens (tertiary/aromatic N) is 1. The summed E-state index contributed by atoms with van der Waals surface area (Å²) in [4.78, 5) is 14.8. The van der Waals surface area contributed by atoms with Gasteiger partial charge in [0.25, 0.3) is 0 Å². The molecule has 4 rings (SSSR count). The molecule has 2 N–H and O–H groups in total. The van der Waals surface area contributed by atoms with Crippen LogP contribution in [-0.4, -0.2) is 29.9 Å². The molecule has 1 aromatic carbocycles. The third-order valence-corrected chi connectivity index (χ3v) is 5.92. The van der Waals surface area contributed by atoms with E-state index in [1.165, 1.54) is 17.5 Å². The fraction of sp³-hybridized carbons (Fsp3) is 0.611. The molecule has 5 atom stereocenters. The molecule has 1 amide bonds. The van der Waals surface area contributed by atoms with Crippen LogP contribution < -0.4 is 5.73 Å². The molecule has 21 heavy (non-hydrogen) atoms. The average molecular weight is 284 g/mol. The van der Waals surface area contributed by atoms with E-state index >= 15 is 0 Å². The highest BCUT2D eigenvalue weighted by Crippen LogP contribution is 2.50. The number of carbonyl (C=O) groups excluding carboxylic acids is 1. The normalized spacial score (nSPS) is 37.6. The van der Waals surface area contributed by atoms with E-state index in [-0.39, 0.29) is 5.92 Å². The number of likely N-dealkylation sites (tertiary alicyclic amines) is 1. The number of nitrogens with two attached hydrogens (primary N) is 1. The van der Waals surface area contributed by atoms with Crippen LogP contribution in [0.1, 0.15) is 36.3 Å². The van der Waals surface area contributed by atoms with Crippen molar-refractivity contribution >= 4 is 5.91 Å². The van der Waals surface area contributed by atoms with E-state index in [9.17, 15) is 4.79 Å². The van der Waals surface area contributed by atoms with E-state index in [4.69, 9.17) is 5.73 Å². The van der Waals surface area contributed by atoms with Gasteiger partial charge < -0.3 is 10.6 Å². The zero-order chi connectivity index (χ0) is 14.6. The highest BCUT2D eigenvalue weighted by molar-refractivity contribution is 5.83. The van der Waals surface area contributed by atoms with E-state index in [1.54, 1.807) is 0 Å². The van der Waals surface area contributed by atoms with Gasteiger partial charge in [0.2, 0.25) is 5.91 Å². The summed E-state index contributed by atoms with van der Waals surface area (Å²) in [5.41, 5.74) is 8.86. The van der Waals surface area contributed by atoms with E-state index in [0.717, 1.165) is 25.9 Å². The lowest BCUT2D eigenvalue weighted by atomic mass is 9.98. The Hall–Kier alpha value is -1.35. The van der Waals surface area contributed by atoms with Gasteiger partial charge in [0, 0.05) is 25.0 Å². The van der Waals surface area contributed by atoms with Gasteiger partial charge in [-0.3, -0.25) is 4.79 Å².